The van der Waals surface area contributed by atoms with E-state index >= 15 is 0 Å². The van der Waals surface area contributed by atoms with E-state index < -0.39 is 17.7 Å². The summed E-state index contributed by atoms with van der Waals surface area (Å²) in [6.07, 6.45) is 0. The average molecular weight is 278 g/mol. The number of primary amides is 1. The molecule has 7 heteroatoms. The van der Waals surface area contributed by atoms with Crippen molar-refractivity contribution in [1.82, 2.24) is 0 Å². The third-order valence-electron chi connectivity index (χ3n) is 2.57. The summed E-state index contributed by atoms with van der Waals surface area (Å²) < 4.78 is 18.1. The minimum Gasteiger partial charge on any atom is -0.475 e. The van der Waals surface area contributed by atoms with Crippen LogP contribution in [0.4, 0.5) is 10.1 Å². The van der Waals surface area contributed by atoms with Gasteiger partial charge in [0.25, 0.3) is 5.91 Å². The molecule has 0 radical (unpaired) electrons. The van der Waals surface area contributed by atoms with Crippen LogP contribution in [0.15, 0.2) is 34.7 Å². The van der Waals surface area contributed by atoms with E-state index in [0.717, 1.165) is 6.07 Å². The Hall–Kier alpha value is -2.83. The minimum atomic E-state index is -1.17. The first-order valence-corrected chi connectivity index (χ1v) is 5.62. The number of carboxylic acid groups (broad SMARTS) is 1. The van der Waals surface area contributed by atoms with Gasteiger partial charge >= 0.3 is 5.97 Å². The van der Waals surface area contributed by atoms with E-state index in [2.05, 4.69) is 5.32 Å². The van der Waals surface area contributed by atoms with Crippen LogP contribution in [0.25, 0.3) is 0 Å². The Balaban J connectivity index is 2.14. The number of nitrogens with two attached hydrogens (primary N) is 1. The molecule has 2 rings (SSSR count). The summed E-state index contributed by atoms with van der Waals surface area (Å²) in [6, 6.07) is 6.38. The van der Waals surface area contributed by atoms with E-state index in [1.165, 1.54) is 24.3 Å². The Bertz CT molecular complexity index is 666. The third-order valence-corrected chi connectivity index (χ3v) is 2.57. The number of hydrogen-bond acceptors (Lipinski definition) is 4. The van der Waals surface area contributed by atoms with Gasteiger partial charge in [-0.15, -0.1) is 0 Å². The molecular formula is C13H11FN2O4. The molecule has 104 valence electrons. The zero-order valence-corrected chi connectivity index (χ0v) is 10.2. The van der Waals surface area contributed by atoms with Crippen molar-refractivity contribution in [2.75, 3.05) is 5.32 Å². The summed E-state index contributed by atoms with van der Waals surface area (Å²) in [7, 11) is 0. The summed E-state index contributed by atoms with van der Waals surface area (Å²) >= 11 is 0. The number of amides is 1. The van der Waals surface area contributed by atoms with E-state index in [4.69, 9.17) is 15.3 Å². The highest BCUT2D eigenvalue weighted by Gasteiger charge is 2.11. The highest BCUT2D eigenvalue weighted by Crippen LogP contribution is 2.18. The normalized spacial score (nSPS) is 10.2. The number of halogens is 1. The molecule has 0 saturated heterocycles. The highest BCUT2D eigenvalue weighted by molar-refractivity contribution is 5.98. The molecule has 0 aliphatic carbocycles. The van der Waals surface area contributed by atoms with Gasteiger partial charge in [0.2, 0.25) is 5.76 Å². The van der Waals surface area contributed by atoms with Gasteiger partial charge in [-0.05, 0) is 30.3 Å². The van der Waals surface area contributed by atoms with Gasteiger partial charge in [-0.3, -0.25) is 4.79 Å². The molecule has 1 heterocycles. The van der Waals surface area contributed by atoms with Crippen LogP contribution in [-0.2, 0) is 6.54 Å². The van der Waals surface area contributed by atoms with Crippen LogP contribution in [0.5, 0.6) is 0 Å². The quantitative estimate of drug-likeness (QED) is 0.773. The summed E-state index contributed by atoms with van der Waals surface area (Å²) in [5, 5.41) is 11.6. The number of hydrogen-bond donors (Lipinski definition) is 3. The van der Waals surface area contributed by atoms with Crippen molar-refractivity contribution < 1.29 is 23.5 Å². The van der Waals surface area contributed by atoms with Crippen LogP contribution in [0.2, 0.25) is 0 Å². The number of carboxylic acids is 1. The molecule has 4 N–H and O–H groups in total. The van der Waals surface area contributed by atoms with E-state index in [0.29, 0.717) is 11.4 Å². The second kappa shape index (κ2) is 5.43. The van der Waals surface area contributed by atoms with Gasteiger partial charge in [-0.1, -0.05) is 0 Å². The lowest BCUT2D eigenvalue weighted by Gasteiger charge is -2.08. The Kier molecular flexibility index (Phi) is 3.69. The number of carbonyl (C=O) groups excluding carboxylic acids is 1. The number of aromatic carboxylic acids is 1. The summed E-state index contributed by atoms with van der Waals surface area (Å²) in [5.41, 5.74) is 5.50. The molecule has 0 atom stereocenters. The van der Waals surface area contributed by atoms with Crippen molar-refractivity contribution in [2.45, 2.75) is 6.54 Å². The Morgan fingerprint density at radius 2 is 2.05 bits per heavy atom. The Morgan fingerprint density at radius 1 is 1.30 bits per heavy atom. The molecule has 0 unspecified atom stereocenters. The molecule has 0 bridgehead atoms. The zero-order chi connectivity index (χ0) is 14.7. The first kappa shape index (κ1) is 13.6. The summed E-state index contributed by atoms with van der Waals surface area (Å²) in [6.45, 7) is 0.138. The number of benzene rings is 1. The average Bonchev–Trinajstić information content (AvgIpc) is 2.86. The van der Waals surface area contributed by atoms with Gasteiger partial charge in [0.05, 0.1) is 12.1 Å². The second-order valence-corrected chi connectivity index (χ2v) is 3.98. The number of nitrogens with one attached hydrogen (secondary N) is 1. The molecule has 6 nitrogen and oxygen atoms in total. The van der Waals surface area contributed by atoms with Crippen molar-refractivity contribution in [3.63, 3.8) is 0 Å². The Labute approximate surface area is 113 Å². The van der Waals surface area contributed by atoms with E-state index in [1.807, 2.05) is 0 Å². The predicted molar refractivity (Wildman–Crippen MR) is 67.9 cm³/mol. The predicted octanol–water partition coefficient (Wildman–Crippen LogP) is 1.83. The van der Waals surface area contributed by atoms with Crippen LogP contribution >= 0.6 is 0 Å². The second-order valence-electron chi connectivity index (χ2n) is 3.98. The fourth-order valence-electron chi connectivity index (χ4n) is 1.64. The topological polar surface area (TPSA) is 106 Å². The maximum absolute atomic E-state index is 13.0. The molecule has 0 aliphatic heterocycles. The number of anilines is 1. The van der Waals surface area contributed by atoms with Crippen molar-refractivity contribution in [3.05, 3.63) is 53.2 Å². The molecule has 0 spiro atoms. The lowest BCUT2D eigenvalue weighted by molar-refractivity contribution is 0.0660. The lowest BCUT2D eigenvalue weighted by atomic mass is 10.1. The molecule has 0 saturated carbocycles. The van der Waals surface area contributed by atoms with Crippen LogP contribution in [0, 0.1) is 5.82 Å². The van der Waals surface area contributed by atoms with E-state index in [1.54, 1.807) is 0 Å². The molecule has 20 heavy (non-hydrogen) atoms. The Morgan fingerprint density at radius 3 is 2.65 bits per heavy atom. The molecule has 0 fully saturated rings. The van der Waals surface area contributed by atoms with Crippen molar-refractivity contribution >= 4 is 17.6 Å². The first-order valence-electron chi connectivity index (χ1n) is 5.62. The lowest BCUT2D eigenvalue weighted by Crippen LogP contribution is -2.14. The van der Waals surface area contributed by atoms with Gasteiger partial charge in [-0.25, -0.2) is 9.18 Å². The molecule has 1 aromatic heterocycles. The fourth-order valence-corrected chi connectivity index (χ4v) is 1.64. The molecule has 1 amide bonds. The molecule has 1 aromatic carbocycles. The van der Waals surface area contributed by atoms with Gasteiger partial charge in [0.15, 0.2) is 0 Å². The largest absolute Gasteiger partial charge is 0.475 e. The highest BCUT2D eigenvalue weighted by atomic mass is 19.1. The van der Waals surface area contributed by atoms with Crippen molar-refractivity contribution in [1.29, 1.82) is 0 Å². The first-order chi connectivity index (χ1) is 9.47. The SMILES string of the molecule is NC(=O)c1cc(F)ccc1NCc1ccc(C(=O)O)o1. The summed E-state index contributed by atoms with van der Waals surface area (Å²) in [4.78, 5) is 21.8. The van der Waals surface area contributed by atoms with Crippen LogP contribution < -0.4 is 11.1 Å². The smallest absolute Gasteiger partial charge is 0.371 e. The van der Waals surface area contributed by atoms with Crippen molar-refractivity contribution in [2.24, 2.45) is 5.73 Å². The zero-order valence-electron chi connectivity index (χ0n) is 10.2. The van der Waals surface area contributed by atoms with Crippen molar-refractivity contribution in [3.8, 4) is 0 Å². The molecule has 2 aromatic rings. The maximum atomic E-state index is 13.0. The number of carbonyl (C=O) groups is 2. The minimum absolute atomic E-state index is 0.00927. The van der Waals surface area contributed by atoms with Gasteiger partial charge in [0, 0.05) is 5.69 Å². The van der Waals surface area contributed by atoms with Gasteiger partial charge < -0.3 is 20.6 Å². The molecule has 0 aliphatic rings. The maximum Gasteiger partial charge on any atom is 0.371 e. The molecular weight excluding hydrogens is 267 g/mol. The third kappa shape index (κ3) is 2.94. The van der Waals surface area contributed by atoms with Crippen LogP contribution in [-0.4, -0.2) is 17.0 Å². The summed E-state index contributed by atoms with van der Waals surface area (Å²) in [5.74, 6) is -2.33. The van der Waals surface area contributed by atoms with Crippen LogP contribution in [0.3, 0.4) is 0 Å². The standard InChI is InChI=1S/C13H11FN2O4/c14-7-1-3-10(9(5-7)12(15)17)16-6-8-2-4-11(20-8)13(18)19/h1-5,16H,6H2,(H2,15,17)(H,18,19). The fraction of sp³-hybridized carbons (Fsp3) is 0.0769. The number of furan rings is 1. The van der Waals surface area contributed by atoms with Gasteiger partial charge in [-0.2, -0.15) is 0 Å². The van der Waals surface area contributed by atoms with Gasteiger partial charge in [0.1, 0.15) is 11.6 Å². The van der Waals surface area contributed by atoms with Crippen LogP contribution in [0.1, 0.15) is 26.7 Å². The monoisotopic (exact) mass is 278 g/mol. The number of rotatable bonds is 5. The van der Waals surface area contributed by atoms with E-state index in [9.17, 15) is 14.0 Å². The van der Waals surface area contributed by atoms with E-state index in [-0.39, 0.29) is 17.9 Å².